The van der Waals surface area contributed by atoms with Crippen LogP contribution < -0.4 is 10.1 Å². The van der Waals surface area contributed by atoms with Crippen molar-refractivity contribution in [1.29, 1.82) is 5.26 Å². The number of halogens is 2. The maximum Gasteiger partial charge on any atom is 0.135 e. The van der Waals surface area contributed by atoms with Crippen LogP contribution in [0.15, 0.2) is 51.4 Å². The lowest BCUT2D eigenvalue weighted by Crippen LogP contribution is -2.11. The van der Waals surface area contributed by atoms with Gasteiger partial charge in [-0.15, -0.1) is 0 Å². The number of rotatable bonds is 5. The van der Waals surface area contributed by atoms with Gasteiger partial charge in [-0.3, -0.25) is 0 Å². The Bertz CT molecular complexity index is 653. The van der Waals surface area contributed by atoms with E-state index in [0.29, 0.717) is 6.54 Å². The lowest BCUT2D eigenvalue weighted by atomic mass is 10.0. The van der Waals surface area contributed by atoms with Crippen molar-refractivity contribution in [1.82, 2.24) is 0 Å². The first-order chi connectivity index (χ1) is 10.2. The maximum absolute atomic E-state index is 9.34. The number of ether oxygens (including phenoxy) is 1. The average Bonchev–Trinajstić information content (AvgIpc) is 2.51. The minimum Gasteiger partial charge on any atom is -0.495 e. The van der Waals surface area contributed by atoms with Crippen LogP contribution in [0.25, 0.3) is 0 Å². The van der Waals surface area contributed by atoms with E-state index in [-0.39, 0.29) is 5.92 Å². The molecule has 0 amide bonds. The Morgan fingerprint density at radius 1 is 1.19 bits per heavy atom. The van der Waals surface area contributed by atoms with E-state index in [1.165, 1.54) is 0 Å². The Morgan fingerprint density at radius 3 is 2.52 bits per heavy atom. The summed E-state index contributed by atoms with van der Waals surface area (Å²) in [5, 5.41) is 12.6. The van der Waals surface area contributed by atoms with Gasteiger partial charge < -0.3 is 10.1 Å². The number of nitriles is 1. The molecular formula is C16H14Br2N2O. The number of anilines is 1. The van der Waals surface area contributed by atoms with E-state index in [9.17, 15) is 5.26 Å². The van der Waals surface area contributed by atoms with E-state index in [2.05, 4.69) is 43.2 Å². The fraction of sp³-hybridized carbons (Fsp3) is 0.188. The van der Waals surface area contributed by atoms with Gasteiger partial charge in [0.05, 0.1) is 29.3 Å². The third-order valence-corrected chi connectivity index (χ3v) is 4.37. The Morgan fingerprint density at radius 2 is 1.90 bits per heavy atom. The number of nitrogens with zero attached hydrogens (tertiary/aromatic N) is 1. The molecule has 0 radical (unpaired) electrons. The van der Waals surface area contributed by atoms with Crippen molar-refractivity contribution in [2.45, 2.75) is 5.92 Å². The minimum atomic E-state index is -0.201. The van der Waals surface area contributed by atoms with E-state index in [4.69, 9.17) is 4.74 Å². The van der Waals surface area contributed by atoms with Gasteiger partial charge >= 0.3 is 0 Å². The van der Waals surface area contributed by atoms with Gasteiger partial charge in [0.25, 0.3) is 0 Å². The summed E-state index contributed by atoms with van der Waals surface area (Å²) in [6.45, 7) is 0.532. The molecule has 1 N–H and O–H groups in total. The lowest BCUT2D eigenvalue weighted by Gasteiger charge is -2.15. The predicted molar refractivity (Wildman–Crippen MR) is 91.7 cm³/mol. The normalized spacial score (nSPS) is 11.5. The number of methoxy groups -OCH3 is 1. The molecule has 2 aromatic carbocycles. The molecule has 1 unspecified atom stereocenters. The van der Waals surface area contributed by atoms with Gasteiger partial charge in [-0.1, -0.05) is 30.3 Å². The summed E-state index contributed by atoms with van der Waals surface area (Å²) >= 11 is 6.94. The van der Waals surface area contributed by atoms with Crippen LogP contribution in [0.4, 0.5) is 5.69 Å². The van der Waals surface area contributed by atoms with Crippen molar-refractivity contribution in [3.8, 4) is 11.8 Å². The first-order valence-electron chi connectivity index (χ1n) is 6.37. The van der Waals surface area contributed by atoms with Crippen molar-refractivity contribution in [2.75, 3.05) is 19.0 Å². The standard InChI is InChI=1S/C16H14Br2N2O/c1-21-16-8-15(13(17)7-14(16)18)20-10-12(9-19)11-5-3-2-4-6-11/h2-8,12,20H,10H2,1H3. The summed E-state index contributed by atoms with van der Waals surface area (Å²) in [5.41, 5.74) is 1.90. The van der Waals surface area contributed by atoms with Crippen LogP contribution in [0.5, 0.6) is 5.75 Å². The third-order valence-electron chi connectivity index (χ3n) is 3.10. The molecule has 3 nitrogen and oxygen atoms in total. The second kappa shape index (κ2) is 7.48. The van der Waals surface area contributed by atoms with Crippen LogP contribution in [-0.2, 0) is 0 Å². The highest BCUT2D eigenvalue weighted by Gasteiger charge is 2.12. The van der Waals surface area contributed by atoms with Crippen molar-refractivity contribution < 1.29 is 4.74 Å². The SMILES string of the molecule is COc1cc(NCC(C#N)c2ccccc2)c(Br)cc1Br. The van der Waals surface area contributed by atoms with Crippen molar-refractivity contribution in [3.05, 3.63) is 57.0 Å². The summed E-state index contributed by atoms with van der Waals surface area (Å²) in [4.78, 5) is 0. The second-order valence-electron chi connectivity index (χ2n) is 4.44. The summed E-state index contributed by atoms with van der Waals surface area (Å²) < 4.78 is 7.08. The Hall–Kier alpha value is -1.51. The molecule has 2 rings (SSSR count). The number of hydrogen-bond donors (Lipinski definition) is 1. The molecule has 5 heteroatoms. The topological polar surface area (TPSA) is 45.0 Å². The highest BCUT2D eigenvalue weighted by molar-refractivity contribution is 9.11. The fourth-order valence-corrected chi connectivity index (χ4v) is 3.25. The van der Waals surface area contributed by atoms with Crippen LogP contribution in [-0.4, -0.2) is 13.7 Å². The monoisotopic (exact) mass is 408 g/mol. The molecule has 21 heavy (non-hydrogen) atoms. The van der Waals surface area contributed by atoms with E-state index in [1.54, 1.807) is 7.11 Å². The zero-order chi connectivity index (χ0) is 15.2. The van der Waals surface area contributed by atoms with Gasteiger partial charge in [0, 0.05) is 17.1 Å². The van der Waals surface area contributed by atoms with E-state index >= 15 is 0 Å². The molecule has 108 valence electrons. The van der Waals surface area contributed by atoms with Crippen LogP contribution in [0.2, 0.25) is 0 Å². The molecular weight excluding hydrogens is 396 g/mol. The molecule has 0 heterocycles. The predicted octanol–water partition coefficient (Wildman–Crippen LogP) is 4.94. The molecule has 0 spiro atoms. The molecule has 0 aliphatic carbocycles. The van der Waals surface area contributed by atoms with Crippen molar-refractivity contribution >= 4 is 37.5 Å². The van der Waals surface area contributed by atoms with Gasteiger partial charge in [0.15, 0.2) is 0 Å². The van der Waals surface area contributed by atoms with E-state index in [0.717, 1.165) is 25.9 Å². The molecule has 0 saturated heterocycles. The fourth-order valence-electron chi connectivity index (χ4n) is 1.96. The number of benzene rings is 2. The highest BCUT2D eigenvalue weighted by atomic mass is 79.9. The average molecular weight is 410 g/mol. The molecule has 0 bridgehead atoms. The molecule has 0 saturated carbocycles. The Labute approximate surface area is 141 Å². The maximum atomic E-state index is 9.34. The largest absolute Gasteiger partial charge is 0.495 e. The molecule has 2 aromatic rings. The van der Waals surface area contributed by atoms with Gasteiger partial charge in [-0.05, 0) is 43.5 Å². The first kappa shape index (κ1) is 15.9. The van der Waals surface area contributed by atoms with Crippen molar-refractivity contribution in [3.63, 3.8) is 0 Å². The van der Waals surface area contributed by atoms with Gasteiger partial charge in [0.1, 0.15) is 5.75 Å². The smallest absolute Gasteiger partial charge is 0.135 e. The quantitative estimate of drug-likeness (QED) is 0.760. The Balaban J connectivity index is 2.14. The molecule has 0 aliphatic rings. The number of nitrogens with one attached hydrogen (secondary N) is 1. The van der Waals surface area contributed by atoms with Gasteiger partial charge in [-0.2, -0.15) is 5.26 Å². The first-order valence-corrected chi connectivity index (χ1v) is 7.95. The molecule has 1 atom stereocenters. The van der Waals surface area contributed by atoms with Crippen molar-refractivity contribution in [2.24, 2.45) is 0 Å². The molecule has 0 fully saturated rings. The zero-order valence-electron chi connectivity index (χ0n) is 11.4. The molecule has 0 aromatic heterocycles. The van der Waals surface area contributed by atoms with E-state index in [1.807, 2.05) is 42.5 Å². The molecule has 0 aliphatic heterocycles. The van der Waals surface area contributed by atoms with Gasteiger partial charge in [-0.25, -0.2) is 0 Å². The summed E-state index contributed by atoms with van der Waals surface area (Å²) in [7, 11) is 1.62. The van der Waals surface area contributed by atoms with Crippen LogP contribution >= 0.6 is 31.9 Å². The van der Waals surface area contributed by atoms with Crippen LogP contribution in [0.3, 0.4) is 0 Å². The van der Waals surface area contributed by atoms with E-state index < -0.39 is 0 Å². The van der Waals surface area contributed by atoms with Crippen LogP contribution in [0.1, 0.15) is 11.5 Å². The summed E-state index contributed by atoms with van der Waals surface area (Å²) in [6, 6.07) is 15.9. The van der Waals surface area contributed by atoms with Gasteiger partial charge in [0.2, 0.25) is 0 Å². The summed E-state index contributed by atoms with van der Waals surface area (Å²) in [6.07, 6.45) is 0. The third kappa shape index (κ3) is 3.99. The minimum absolute atomic E-state index is 0.201. The Kier molecular flexibility index (Phi) is 5.66. The lowest BCUT2D eigenvalue weighted by molar-refractivity contribution is 0.412. The summed E-state index contributed by atoms with van der Waals surface area (Å²) in [5.74, 6) is 0.543. The van der Waals surface area contributed by atoms with Crippen LogP contribution in [0, 0.1) is 11.3 Å². The number of hydrogen-bond acceptors (Lipinski definition) is 3. The second-order valence-corrected chi connectivity index (χ2v) is 6.15. The zero-order valence-corrected chi connectivity index (χ0v) is 14.6. The highest BCUT2D eigenvalue weighted by Crippen LogP contribution is 2.34.